The van der Waals surface area contributed by atoms with E-state index in [0.29, 0.717) is 24.2 Å². The first kappa shape index (κ1) is 23.6. The second-order valence-electron chi connectivity index (χ2n) is 12.0. The van der Waals surface area contributed by atoms with Crippen LogP contribution < -0.4 is 5.73 Å². The lowest BCUT2D eigenvalue weighted by atomic mass is 9.46. The Balaban J connectivity index is 1.35. The van der Waals surface area contributed by atoms with Crippen LogP contribution in [-0.4, -0.2) is 76.6 Å². The van der Waals surface area contributed by atoms with Crippen molar-refractivity contribution in [1.29, 1.82) is 5.26 Å². The van der Waals surface area contributed by atoms with Crippen LogP contribution >= 0.6 is 0 Å². The molecule has 186 valence electrons. The lowest BCUT2D eigenvalue weighted by Crippen LogP contribution is -2.66. The van der Waals surface area contributed by atoms with Crippen LogP contribution in [0, 0.1) is 34.5 Å². The average molecular weight is 473 g/mol. The number of hydrogen-bond acceptors (Lipinski definition) is 7. The number of carboxylic acid groups (broad SMARTS) is 1. The quantitative estimate of drug-likeness (QED) is 0.507. The summed E-state index contributed by atoms with van der Waals surface area (Å²) in [6, 6.07) is 0.770. The van der Waals surface area contributed by atoms with Gasteiger partial charge in [-0.25, -0.2) is 0 Å². The van der Waals surface area contributed by atoms with Crippen molar-refractivity contribution in [3.05, 3.63) is 0 Å². The molecular formula is C25H36N4O5. The number of piperidine rings is 1. The molecule has 9 heteroatoms. The predicted molar refractivity (Wildman–Crippen MR) is 121 cm³/mol. The number of nitrogens with zero attached hydrogens (tertiary/aromatic N) is 3. The van der Waals surface area contributed by atoms with Gasteiger partial charge in [-0.2, -0.15) is 5.26 Å². The smallest absolute Gasteiger partial charge is 0.323 e. The summed E-state index contributed by atoms with van der Waals surface area (Å²) in [6.45, 7) is 0. The van der Waals surface area contributed by atoms with E-state index < -0.39 is 29.1 Å². The number of amides is 1. The van der Waals surface area contributed by atoms with Crippen molar-refractivity contribution >= 4 is 17.8 Å². The Morgan fingerprint density at radius 2 is 1.85 bits per heavy atom. The Hall–Kier alpha value is -2.18. The molecule has 1 aliphatic heterocycles. The molecule has 1 saturated heterocycles. The molecule has 7 unspecified atom stereocenters. The Bertz CT molecular complexity index is 915. The summed E-state index contributed by atoms with van der Waals surface area (Å²) in [7, 11) is 3.52. The van der Waals surface area contributed by atoms with Crippen molar-refractivity contribution in [2.75, 3.05) is 14.1 Å². The summed E-state index contributed by atoms with van der Waals surface area (Å²) in [6.07, 6.45) is 6.77. The van der Waals surface area contributed by atoms with E-state index in [-0.39, 0.29) is 36.8 Å². The van der Waals surface area contributed by atoms with Crippen LogP contribution in [-0.2, 0) is 19.1 Å². The van der Waals surface area contributed by atoms with Gasteiger partial charge in [0.25, 0.3) is 0 Å². The number of nitrogens with two attached hydrogens (primary N) is 1. The fourth-order valence-electron chi connectivity index (χ4n) is 8.17. The molecule has 0 aromatic rings. The zero-order valence-corrected chi connectivity index (χ0v) is 20.1. The number of carbonyl (C=O) groups is 3. The number of ether oxygens (including phenoxy) is 1. The molecule has 5 saturated carbocycles. The van der Waals surface area contributed by atoms with Gasteiger partial charge in [0.1, 0.15) is 17.7 Å². The summed E-state index contributed by atoms with van der Waals surface area (Å²) in [5.41, 5.74) is 5.70. The summed E-state index contributed by atoms with van der Waals surface area (Å²) in [5.74, 6) is -0.250. The Kier molecular flexibility index (Phi) is 5.68. The minimum atomic E-state index is -0.937. The van der Waals surface area contributed by atoms with Gasteiger partial charge in [0.15, 0.2) is 0 Å². The largest absolute Gasteiger partial charge is 0.481 e. The molecule has 0 aromatic carbocycles. The molecule has 7 atom stereocenters. The van der Waals surface area contributed by atoms with E-state index in [1.165, 1.54) is 0 Å². The molecule has 0 radical (unpaired) electrons. The topological polar surface area (TPSA) is 137 Å². The number of aliphatic carboxylic acids is 1. The summed E-state index contributed by atoms with van der Waals surface area (Å²) in [5, 5.41) is 18.7. The molecule has 34 heavy (non-hydrogen) atoms. The maximum atomic E-state index is 13.6. The monoisotopic (exact) mass is 472 g/mol. The highest BCUT2D eigenvalue weighted by Crippen LogP contribution is 2.64. The van der Waals surface area contributed by atoms with Gasteiger partial charge in [-0.1, -0.05) is 0 Å². The highest BCUT2D eigenvalue weighted by Gasteiger charge is 2.64. The number of nitriles is 1. The minimum absolute atomic E-state index is 0.0996. The van der Waals surface area contributed by atoms with E-state index in [4.69, 9.17) is 15.6 Å². The Morgan fingerprint density at radius 1 is 1.18 bits per heavy atom. The summed E-state index contributed by atoms with van der Waals surface area (Å²) in [4.78, 5) is 41.4. The zero-order chi connectivity index (χ0) is 24.4. The standard InChI is InChI=1S/C25H36N4O5/c1-28(2)18(3-4-20(30)31)23(33)34-25-10-14-5-15(11-25)9-24(8-14,13-25)21(27)22(32)29-17(12-26)6-16-7-19(16)29/h14-19,21H,3-11,13,27H2,1-2H3,(H,30,31). The SMILES string of the molecule is CN(C)C(CCC(=O)O)C(=O)OC12CC3CC(C1)CC(C(N)C(=O)N1C(C#N)CC4CC41)(C3)C2. The number of rotatable bonds is 8. The van der Waals surface area contributed by atoms with E-state index in [2.05, 4.69) is 6.07 Å². The van der Waals surface area contributed by atoms with Crippen molar-refractivity contribution in [3.63, 3.8) is 0 Å². The Morgan fingerprint density at radius 3 is 2.44 bits per heavy atom. The third-order valence-electron chi connectivity index (χ3n) is 9.33. The van der Waals surface area contributed by atoms with Gasteiger partial charge in [0.2, 0.25) is 5.91 Å². The van der Waals surface area contributed by atoms with E-state index in [1.807, 2.05) is 0 Å². The maximum Gasteiger partial charge on any atom is 0.323 e. The lowest BCUT2D eigenvalue weighted by Gasteiger charge is -2.62. The molecule has 6 fully saturated rings. The van der Waals surface area contributed by atoms with Crippen LogP contribution in [0.4, 0.5) is 0 Å². The molecule has 1 amide bonds. The molecular weight excluding hydrogens is 436 g/mol. The average Bonchev–Trinajstić information content (AvgIpc) is 3.40. The number of likely N-dealkylation sites (N-methyl/N-ethyl adjacent to an activating group) is 1. The maximum absolute atomic E-state index is 13.6. The first-order chi connectivity index (χ1) is 16.1. The molecule has 3 N–H and O–H groups in total. The number of likely N-dealkylation sites (tertiary alicyclic amines) is 1. The van der Waals surface area contributed by atoms with Crippen molar-refractivity contribution in [1.82, 2.24) is 9.80 Å². The molecule has 0 aromatic heterocycles. The molecule has 4 bridgehead atoms. The van der Waals surface area contributed by atoms with Crippen molar-refractivity contribution < 1.29 is 24.2 Å². The van der Waals surface area contributed by atoms with E-state index in [9.17, 15) is 19.6 Å². The first-order valence-electron chi connectivity index (χ1n) is 12.6. The lowest BCUT2D eigenvalue weighted by molar-refractivity contribution is -0.209. The normalized spacial score (nSPS) is 41.0. The van der Waals surface area contributed by atoms with E-state index in [0.717, 1.165) is 44.9 Å². The van der Waals surface area contributed by atoms with Crippen LogP contribution in [0.5, 0.6) is 0 Å². The van der Waals surface area contributed by atoms with Crippen molar-refractivity contribution in [3.8, 4) is 6.07 Å². The molecule has 0 spiro atoms. The Labute approximate surface area is 200 Å². The third-order valence-corrected chi connectivity index (χ3v) is 9.33. The first-order valence-corrected chi connectivity index (χ1v) is 12.6. The third kappa shape index (κ3) is 3.89. The van der Waals surface area contributed by atoms with E-state index >= 15 is 0 Å². The van der Waals surface area contributed by atoms with Crippen molar-refractivity contribution in [2.24, 2.45) is 28.9 Å². The second kappa shape index (κ2) is 8.20. The van der Waals surface area contributed by atoms with Gasteiger partial charge in [-0.3, -0.25) is 19.3 Å². The highest BCUT2D eigenvalue weighted by molar-refractivity contribution is 5.84. The van der Waals surface area contributed by atoms with Crippen molar-refractivity contribution in [2.45, 2.75) is 94.0 Å². The fourth-order valence-corrected chi connectivity index (χ4v) is 8.17. The van der Waals surface area contributed by atoms with Crippen LogP contribution in [0.3, 0.4) is 0 Å². The predicted octanol–water partition coefficient (Wildman–Crippen LogP) is 1.50. The second-order valence-corrected chi connectivity index (χ2v) is 12.0. The number of carboxylic acids is 1. The summed E-state index contributed by atoms with van der Waals surface area (Å²) < 4.78 is 6.25. The molecule has 5 aliphatic carbocycles. The number of esters is 1. The molecule has 9 nitrogen and oxygen atoms in total. The highest BCUT2D eigenvalue weighted by atomic mass is 16.6. The van der Waals surface area contributed by atoms with Gasteiger partial charge in [0.05, 0.1) is 12.1 Å². The number of carbonyl (C=O) groups excluding carboxylic acids is 2. The van der Waals surface area contributed by atoms with Gasteiger partial charge in [-0.05, 0) is 95.1 Å². The molecule has 6 aliphatic rings. The van der Waals surface area contributed by atoms with Gasteiger partial charge in [-0.15, -0.1) is 0 Å². The van der Waals surface area contributed by atoms with Gasteiger partial charge in [0, 0.05) is 12.5 Å². The number of fused-ring (bicyclic) bond motifs is 1. The van der Waals surface area contributed by atoms with Crippen LogP contribution in [0.1, 0.15) is 64.2 Å². The zero-order valence-electron chi connectivity index (χ0n) is 20.1. The molecule has 6 rings (SSSR count). The van der Waals surface area contributed by atoms with Gasteiger partial charge >= 0.3 is 11.9 Å². The minimum Gasteiger partial charge on any atom is -0.481 e. The summed E-state index contributed by atoms with van der Waals surface area (Å²) >= 11 is 0. The fraction of sp³-hybridized carbons (Fsp3) is 0.840. The van der Waals surface area contributed by atoms with E-state index in [1.54, 1.807) is 23.9 Å². The molecule has 1 heterocycles. The van der Waals surface area contributed by atoms with Crippen LogP contribution in [0.15, 0.2) is 0 Å². The van der Waals surface area contributed by atoms with Crippen LogP contribution in [0.25, 0.3) is 0 Å². The van der Waals surface area contributed by atoms with Crippen LogP contribution in [0.2, 0.25) is 0 Å². The number of hydrogen-bond donors (Lipinski definition) is 2. The van der Waals surface area contributed by atoms with Gasteiger partial charge < -0.3 is 20.5 Å².